The van der Waals surface area contributed by atoms with E-state index in [4.69, 9.17) is 4.74 Å². The molecule has 0 saturated carbocycles. The van der Waals surface area contributed by atoms with Gasteiger partial charge in [-0.3, -0.25) is 9.36 Å². The van der Waals surface area contributed by atoms with E-state index in [1.54, 1.807) is 31.4 Å². The van der Waals surface area contributed by atoms with E-state index in [0.29, 0.717) is 59.9 Å². The molecule has 2 heterocycles. The molecule has 1 aliphatic heterocycles. The topological polar surface area (TPSA) is 63.5 Å². The Hall–Kier alpha value is -4.70. The molecule has 6 rings (SSSR count). The van der Waals surface area contributed by atoms with E-state index >= 15 is 0 Å². The van der Waals surface area contributed by atoms with Gasteiger partial charge in [-0.15, -0.1) is 10.2 Å². The van der Waals surface area contributed by atoms with Crippen LogP contribution in [0.25, 0.3) is 17.1 Å². The van der Waals surface area contributed by atoms with Crippen LogP contribution in [0.2, 0.25) is 0 Å². The number of aromatic nitrogens is 3. The highest BCUT2D eigenvalue weighted by molar-refractivity contribution is 7.98. The minimum Gasteiger partial charge on any atom is -0.497 e. The van der Waals surface area contributed by atoms with Gasteiger partial charge in [0.25, 0.3) is 5.91 Å². The Labute approximate surface area is 252 Å². The highest BCUT2D eigenvalue weighted by atomic mass is 32.2. The number of hydrogen-bond donors (Lipinski definition) is 0. The SMILES string of the molecule is COc1cccc(-c2nnc(SCc3ccc(C(=O)N4CCN(c5ccccc5F)CC4)cc3)n2-c2ccc(F)cc2)c1. The number of methoxy groups -OCH3 is 1. The molecule has 5 aromatic rings. The van der Waals surface area contributed by atoms with Gasteiger partial charge in [-0.2, -0.15) is 0 Å². The van der Waals surface area contributed by atoms with Crippen molar-refractivity contribution in [1.29, 1.82) is 0 Å². The zero-order valence-electron chi connectivity index (χ0n) is 23.5. The second-order valence-electron chi connectivity index (χ2n) is 10.1. The van der Waals surface area contributed by atoms with Crippen LogP contribution in [-0.4, -0.2) is 58.9 Å². The number of carbonyl (C=O) groups excluding carboxylic acids is 1. The standard InChI is InChI=1S/C33H29F2N5O2S/c1-42-28-6-4-5-25(21-28)31-36-37-33(40(31)27-15-13-26(34)14-16-27)43-22-23-9-11-24(12-10-23)32(41)39-19-17-38(18-20-39)30-8-3-2-7-29(30)35/h2-16,21H,17-20,22H2,1H3. The second-order valence-corrected chi connectivity index (χ2v) is 11.0. The second kappa shape index (κ2) is 12.7. The van der Waals surface area contributed by atoms with E-state index in [1.165, 1.54) is 30.0 Å². The average Bonchev–Trinajstić information content (AvgIpc) is 3.48. The number of halogens is 2. The zero-order valence-corrected chi connectivity index (χ0v) is 24.3. The highest BCUT2D eigenvalue weighted by Crippen LogP contribution is 2.31. The summed E-state index contributed by atoms with van der Waals surface area (Å²) in [6, 6.07) is 28.1. The number of hydrogen-bond acceptors (Lipinski definition) is 6. The summed E-state index contributed by atoms with van der Waals surface area (Å²) in [7, 11) is 1.61. The lowest BCUT2D eigenvalue weighted by Crippen LogP contribution is -2.49. The molecule has 0 N–H and O–H groups in total. The molecular weight excluding hydrogens is 568 g/mol. The van der Waals surface area contributed by atoms with Gasteiger partial charge in [0.05, 0.1) is 12.8 Å². The molecule has 1 amide bonds. The van der Waals surface area contributed by atoms with Gasteiger partial charge in [0, 0.05) is 48.7 Å². The molecule has 10 heteroatoms. The smallest absolute Gasteiger partial charge is 0.253 e. The third-order valence-corrected chi connectivity index (χ3v) is 8.38. The van der Waals surface area contributed by atoms with Crippen molar-refractivity contribution in [2.75, 3.05) is 38.2 Å². The van der Waals surface area contributed by atoms with Crippen LogP contribution in [-0.2, 0) is 5.75 Å². The molecule has 1 fully saturated rings. The fraction of sp³-hybridized carbons (Fsp3) is 0.182. The van der Waals surface area contributed by atoms with E-state index in [9.17, 15) is 13.6 Å². The minimum absolute atomic E-state index is 0.0358. The number of para-hydroxylation sites is 1. The van der Waals surface area contributed by atoms with Crippen LogP contribution in [0.5, 0.6) is 5.75 Å². The van der Waals surface area contributed by atoms with E-state index in [1.807, 2.05) is 69.0 Å². The summed E-state index contributed by atoms with van der Waals surface area (Å²) in [6.45, 7) is 2.21. The van der Waals surface area contributed by atoms with Crippen LogP contribution in [0.3, 0.4) is 0 Å². The Morgan fingerprint density at radius 2 is 1.60 bits per heavy atom. The first-order valence-corrected chi connectivity index (χ1v) is 14.8. The van der Waals surface area contributed by atoms with Crippen molar-refractivity contribution in [3.8, 4) is 22.8 Å². The number of benzene rings is 4. The van der Waals surface area contributed by atoms with E-state index < -0.39 is 0 Å². The van der Waals surface area contributed by atoms with Crippen LogP contribution in [0.15, 0.2) is 102 Å². The van der Waals surface area contributed by atoms with Crippen LogP contribution in [0, 0.1) is 11.6 Å². The minimum atomic E-state index is -0.324. The molecule has 43 heavy (non-hydrogen) atoms. The fourth-order valence-electron chi connectivity index (χ4n) is 5.07. The molecule has 0 atom stereocenters. The van der Waals surface area contributed by atoms with Gasteiger partial charge in [-0.05, 0) is 66.2 Å². The van der Waals surface area contributed by atoms with Crippen molar-refractivity contribution in [2.24, 2.45) is 0 Å². The molecule has 1 aliphatic rings. The quantitative estimate of drug-likeness (QED) is 0.191. The first kappa shape index (κ1) is 28.4. The maximum Gasteiger partial charge on any atom is 0.253 e. The van der Waals surface area contributed by atoms with Crippen molar-refractivity contribution in [3.05, 3.63) is 120 Å². The lowest BCUT2D eigenvalue weighted by molar-refractivity contribution is 0.0746. The number of thioether (sulfide) groups is 1. The number of piperazine rings is 1. The van der Waals surface area contributed by atoms with Crippen molar-refractivity contribution in [3.63, 3.8) is 0 Å². The predicted octanol–water partition coefficient (Wildman–Crippen LogP) is 6.48. The predicted molar refractivity (Wildman–Crippen MR) is 164 cm³/mol. The van der Waals surface area contributed by atoms with Gasteiger partial charge in [0.2, 0.25) is 0 Å². The highest BCUT2D eigenvalue weighted by Gasteiger charge is 2.24. The summed E-state index contributed by atoms with van der Waals surface area (Å²) in [6.07, 6.45) is 0. The lowest BCUT2D eigenvalue weighted by atomic mass is 10.1. The molecule has 1 saturated heterocycles. The maximum atomic E-state index is 14.2. The van der Waals surface area contributed by atoms with Crippen molar-refractivity contribution in [2.45, 2.75) is 10.9 Å². The Morgan fingerprint density at radius 3 is 2.33 bits per heavy atom. The Balaban J connectivity index is 1.14. The summed E-state index contributed by atoms with van der Waals surface area (Å²) in [5.74, 6) is 1.30. The van der Waals surface area contributed by atoms with Gasteiger partial charge in [-0.1, -0.05) is 48.2 Å². The first-order valence-electron chi connectivity index (χ1n) is 13.9. The number of amides is 1. The van der Waals surface area contributed by atoms with Crippen molar-refractivity contribution in [1.82, 2.24) is 19.7 Å². The zero-order chi connectivity index (χ0) is 29.8. The summed E-state index contributed by atoms with van der Waals surface area (Å²) in [5, 5.41) is 9.57. The summed E-state index contributed by atoms with van der Waals surface area (Å²) in [4.78, 5) is 17.0. The van der Waals surface area contributed by atoms with E-state index in [-0.39, 0.29) is 17.5 Å². The Bertz CT molecular complexity index is 1720. The van der Waals surface area contributed by atoms with Gasteiger partial charge in [0.1, 0.15) is 17.4 Å². The Kier molecular flexibility index (Phi) is 8.37. The molecule has 7 nitrogen and oxygen atoms in total. The first-order chi connectivity index (χ1) is 21.0. The lowest BCUT2D eigenvalue weighted by Gasteiger charge is -2.36. The molecule has 0 aliphatic carbocycles. The summed E-state index contributed by atoms with van der Waals surface area (Å²) >= 11 is 1.50. The molecule has 0 radical (unpaired) electrons. The summed E-state index contributed by atoms with van der Waals surface area (Å²) < 4.78 is 35.2. The van der Waals surface area contributed by atoms with Gasteiger partial charge in [-0.25, -0.2) is 8.78 Å². The van der Waals surface area contributed by atoms with Crippen LogP contribution in [0.1, 0.15) is 15.9 Å². The summed E-state index contributed by atoms with van der Waals surface area (Å²) in [5.41, 5.74) is 3.76. The number of carbonyl (C=O) groups is 1. The molecule has 1 aromatic heterocycles. The average molecular weight is 598 g/mol. The molecular formula is C33H29F2N5O2S. The molecule has 218 valence electrons. The van der Waals surface area contributed by atoms with E-state index in [0.717, 1.165) is 16.8 Å². The number of ether oxygens (including phenoxy) is 1. The fourth-order valence-corrected chi connectivity index (χ4v) is 5.98. The molecule has 0 unspecified atom stereocenters. The molecule has 4 aromatic carbocycles. The number of anilines is 1. The molecule has 0 spiro atoms. The molecule has 0 bridgehead atoms. The van der Waals surface area contributed by atoms with E-state index in [2.05, 4.69) is 10.2 Å². The van der Waals surface area contributed by atoms with Crippen molar-refractivity contribution >= 4 is 23.4 Å². The van der Waals surface area contributed by atoms with Gasteiger partial charge >= 0.3 is 0 Å². The van der Waals surface area contributed by atoms with Gasteiger partial charge < -0.3 is 14.5 Å². The third kappa shape index (κ3) is 6.24. The largest absolute Gasteiger partial charge is 0.497 e. The normalized spacial score (nSPS) is 13.3. The van der Waals surface area contributed by atoms with Crippen molar-refractivity contribution < 1.29 is 18.3 Å². The maximum absolute atomic E-state index is 14.2. The van der Waals surface area contributed by atoms with Gasteiger partial charge in [0.15, 0.2) is 11.0 Å². The van der Waals surface area contributed by atoms with Crippen LogP contribution < -0.4 is 9.64 Å². The Morgan fingerprint density at radius 1 is 0.860 bits per heavy atom. The van der Waals surface area contributed by atoms with Crippen LogP contribution in [0.4, 0.5) is 14.5 Å². The number of nitrogens with zero attached hydrogens (tertiary/aromatic N) is 5. The van der Waals surface area contributed by atoms with Crippen LogP contribution >= 0.6 is 11.8 Å². The number of rotatable bonds is 8. The monoisotopic (exact) mass is 597 g/mol. The third-order valence-electron chi connectivity index (χ3n) is 7.37.